The van der Waals surface area contributed by atoms with Crippen LogP contribution in [0.2, 0.25) is 0 Å². The molecule has 7 heteroatoms. The summed E-state index contributed by atoms with van der Waals surface area (Å²) in [6.07, 6.45) is 2.85. The molecule has 0 saturated heterocycles. The molecule has 140 valence electrons. The number of rotatable bonds is 5. The molecule has 1 aliphatic carbocycles. The van der Waals surface area contributed by atoms with Gasteiger partial charge in [0.05, 0.1) is 23.4 Å². The van der Waals surface area contributed by atoms with Gasteiger partial charge in [-0.1, -0.05) is 18.2 Å². The van der Waals surface area contributed by atoms with Crippen LogP contribution in [0.3, 0.4) is 0 Å². The van der Waals surface area contributed by atoms with E-state index in [1.165, 1.54) is 4.68 Å². The smallest absolute Gasteiger partial charge is 0.242 e. The Morgan fingerprint density at radius 1 is 1.37 bits per heavy atom. The number of nitrogens with zero attached hydrogens (tertiary/aromatic N) is 3. The number of carbonyl (C=O) groups is 1. The van der Waals surface area contributed by atoms with Crippen molar-refractivity contribution in [2.45, 2.75) is 38.5 Å². The number of aliphatic hydroxyl groups is 1. The first kappa shape index (κ1) is 17.5. The van der Waals surface area contributed by atoms with E-state index in [1.807, 2.05) is 37.4 Å². The Kier molecular flexibility index (Phi) is 4.53. The minimum absolute atomic E-state index is 0.0620. The summed E-state index contributed by atoms with van der Waals surface area (Å²) in [5.41, 5.74) is 8.53. The topological polar surface area (TPSA) is 106 Å². The van der Waals surface area contributed by atoms with E-state index in [0.717, 1.165) is 22.2 Å². The Hall–Kier alpha value is -2.93. The molecule has 1 aliphatic rings. The van der Waals surface area contributed by atoms with Gasteiger partial charge in [-0.05, 0) is 43.4 Å². The largest absolute Gasteiger partial charge is 0.393 e. The second-order valence-electron chi connectivity index (χ2n) is 7.26. The van der Waals surface area contributed by atoms with E-state index in [2.05, 4.69) is 21.5 Å². The SMILES string of the molecule is Cc1cc(N)n(CC(=O)N[C@H](c2cnc3ccccc3c2)C2CC(O)C2)n1. The zero-order valence-electron chi connectivity index (χ0n) is 15.2. The molecular weight excluding hydrogens is 342 g/mol. The van der Waals surface area contributed by atoms with Crippen molar-refractivity contribution in [3.05, 3.63) is 53.9 Å². The highest BCUT2D eigenvalue weighted by molar-refractivity contribution is 5.80. The number of pyridine rings is 1. The molecule has 4 N–H and O–H groups in total. The van der Waals surface area contributed by atoms with E-state index >= 15 is 0 Å². The lowest BCUT2D eigenvalue weighted by Crippen LogP contribution is -2.42. The quantitative estimate of drug-likeness (QED) is 0.641. The fourth-order valence-corrected chi connectivity index (χ4v) is 3.68. The molecule has 4 rings (SSSR count). The number of aromatic nitrogens is 3. The zero-order chi connectivity index (χ0) is 19.0. The molecule has 0 spiro atoms. The third-order valence-corrected chi connectivity index (χ3v) is 5.13. The summed E-state index contributed by atoms with van der Waals surface area (Å²) in [5, 5.41) is 18.1. The molecule has 0 unspecified atom stereocenters. The Labute approximate surface area is 157 Å². The van der Waals surface area contributed by atoms with Crippen LogP contribution in [0.5, 0.6) is 0 Å². The number of nitrogens with two attached hydrogens (primary N) is 1. The molecule has 0 aliphatic heterocycles. The molecule has 1 amide bonds. The number of anilines is 1. The number of aryl methyl sites for hydroxylation is 1. The Morgan fingerprint density at radius 2 is 2.15 bits per heavy atom. The first-order valence-corrected chi connectivity index (χ1v) is 9.11. The number of aliphatic hydroxyl groups excluding tert-OH is 1. The summed E-state index contributed by atoms with van der Waals surface area (Å²) in [6, 6.07) is 11.5. The number of hydrogen-bond acceptors (Lipinski definition) is 5. The summed E-state index contributed by atoms with van der Waals surface area (Å²) in [7, 11) is 0. The van der Waals surface area contributed by atoms with Gasteiger partial charge < -0.3 is 16.2 Å². The monoisotopic (exact) mass is 365 g/mol. The normalized spacial score (nSPS) is 20.2. The van der Waals surface area contributed by atoms with Crippen LogP contribution in [0.15, 0.2) is 42.6 Å². The van der Waals surface area contributed by atoms with Crippen molar-refractivity contribution >= 4 is 22.6 Å². The minimum atomic E-state index is -0.299. The number of amides is 1. The molecule has 1 aromatic carbocycles. The predicted octanol–water partition coefficient (Wildman–Crippen LogP) is 1.95. The fourth-order valence-electron chi connectivity index (χ4n) is 3.68. The average molecular weight is 365 g/mol. The molecular formula is C20H23N5O2. The van der Waals surface area contributed by atoms with Crippen LogP contribution in [-0.4, -0.2) is 31.9 Å². The number of hydrogen-bond donors (Lipinski definition) is 3. The molecule has 3 aromatic rings. The van der Waals surface area contributed by atoms with Crippen LogP contribution < -0.4 is 11.1 Å². The summed E-state index contributed by atoms with van der Waals surface area (Å²) in [6.45, 7) is 1.90. The molecule has 7 nitrogen and oxygen atoms in total. The predicted molar refractivity (Wildman–Crippen MR) is 103 cm³/mol. The lowest BCUT2D eigenvalue weighted by atomic mass is 9.75. The molecule has 0 radical (unpaired) electrons. The van der Waals surface area contributed by atoms with E-state index in [-0.39, 0.29) is 30.5 Å². The van der Waals surface area contributed by atoms with Gasteiger partial charge in [-0.2, -0.15) is 5.10 Å². The van der Waals surface area contributed by atoms with Gasteiger partial charge in [-0.15, -0.1) is 0 Å². The number of para-hydroxylation sites is 1. The number of nitrogen functional groups attached to an aromatic ring is 1. The minimum Gasteiger partial charge on any atom is -0.393 e. The maximum absolute atomic E-state index is 12.6. The van der Waals surface area contributed by atoms with Crippen LogP contribution in [0.4, 0.5) is 5.82 Å². The van der Waals surface area contributed by atoms with Gasteiger partial charge in [-0.25, -0.2) is 4.68 Å². The standard InChI is InChI=1S/C20H23N5O2/c1-12-6-18(21)25(24-12)11-19(27)23-20(14-8-16(26)9-14)15-7-13-4-2-3-5-17(13)22-10-15/h2-7,10,14,16,20,26H,8-9,11,21H2,1H3,(H,23,27)/t14?,16?,20-/m0/s1. The summed E-state index contributed by atoms with van der Waals surface area (Å²) in [5.74, 6) is 0.485. The molecule has 27 heavy (non-hydrogen) atoms. The van der Waals surface area contributed by atoms with Gasteiger partial charge in [0.15, 0.2) is 0 Å². The molecule has 1 fully saturated rings. The highest BCUT2D eigenvalue weighted by Gasteiger charge is 2.36. The fraction of sp³-hybridized carbons (Fsp3) is 0.350. The van der Waals surface area contributed by atoms with Crippen molar-refractivity contribution in [3.63, 3.8) is 0 Å². The Morgan fingerprint density at radius 3 is 2.85 bits per heavy atom. The zero-order valence-corrected chi connectivity index (χ0v) is 15.2. The van der Waals surface area contributed by atoms with E-state index < -0.39 is 0 Å². The molecule has 2 aromatic heterocycles. The first-order valence-electron chi connectivity index (χ1n) is 9.11. The van der Waals surface area contributed by atoms with E-state index in [9.17, 15) is 9.90 Å². The van der Waals surface area contributed by atoms with Crippen molar-refractivity contribution in [1.82, 2.24) is 20.1 Å². The van der Waals surface area contributed by atoms with Crippen molar-refractivity contribution < 1.29 is 9.90 Å². The van der Waals surface area contributed by atoms with E-state index in [4.69, 9.17) is 5.73 Å². The maximum atomic E-state index is 12.6. The highest BCUT2D eigenvalue weighted by Crippen LogP contribution is 2.38. The third kappa shape index (κ3) is 3.64. The summed E-state index contributed by atoms with van der Waals surface area (Å²) in [4.78, 5) is 17.2. The van der Waals surface area contributed by atoms with Crippen molar-refractivity contribution in [3.8, 4) is 0 Å². The molecule has 1 atom stereocenters. The molecule has 1 saturated carbocycles. The maximum Gasteiger partial charge on any atom is 0.242 e. The van der Waals surface area contributed by atoms with Crippen molar-refractivity contribution in [1.29, 1.82) is 0 Å². The second-order valence-corrected chi connectivity index (χ2v) is 7.26. The molecule has 0 bridgehead atoms. The summed E-state index contributed by atoms with van der Waals surface area (Å²) >= 11 is 0. The van der Waals surface area contributed by atoms with Crippen molar-refractivity contribution in [2.24, 2.45) is 5.92 Å². The number of fused-ring (bicyclic) bond motifs is 1. The summed E-state index contributed by atoms with van der Waals surface area (Å²) < 4.78 is 1.50. The lowest BCUT2D eigenvalue weighted by molar-refractivity contribution is -0.123. The van der Waals surface area contributed by atoms with Gasteiger partial charge in [0.1, 0.15) is 12.4 Å². The second kappa shape index (κ2) is 7.00. The van der Waals surface area contributed by atoms with Gasteiger partial charge in [0.25, 0.3) is 0 Å². The number of carbonyl (C=O) groups excluding carboxylic acids is 1. The van der Waals surface area contributed by atoms with Crippen LogP contribution >= 0.6 is 0 Å². The van der Waals surface area contributed by atoms with Gasteiger partial charge in [0, 0.05) is 17.6 Å². The number of benzene rings is 1. The van der Waals surface area contributed by atoms with Crippen LogP contribution in [0.1, 0.15) is 30.1 Å². The first-order chi connectivity index (χ1) is 13.0. The third-order valence-electron chi connectivity index (χ3n) is 5.13. The lowest BCUT2D eigenvalue weighted by Gasteiger charge is -2.38. The average Bonchev–Trinajstić information content (AvgIpc) is 2.94. The number of nitrogens with one attached hydrogen (secondary N) is 1. The highest BCUT2D eigenvalue weighted by atomic mass is 16.3. The van der Waals surface area contributed by atoms with Gasteiger partial charge in [0.2, 0.25) is 5.91 Å². The van der Waals surface area contributed by atoms with E-state index in [0.29, 0.717) is 18.7 Å². The Bertz CT molecular complexity index is 977. The van der Waals surface area contributed by atoms with Gasteiger partial charge >= 0.3 is 0 Å². The van der Waals surface area contributed by atoms with Crippen LogP contribution in [-0.2, 0) is 11.3 Å². The van der Waals surface area contributed by atoms with Crippen LogP contribution in [0.25, 0.3) is 10.9 Å². The Balaban J connectivity index is 1.56. The van der Waals surface area contributed by atoms with Crippen molar-refractivity contribution in [2.75, 3.05) is 5.73 Å². The molecule has 2 heterocycles. The van der Waals surface area contributed by atoms with Crippen LogP contribution in [0, 0.1) is 12.8 Å². The van der Waals surface area contributed by atoms with Gasteiger partial charge in [-0.3, -0.25) is 9.78 Å². The van der Waals surface area contributed by atoms with E-state index in [1.54, 1.807) is 6.07 Å².